The SMILES string of the molecule is O=C(c1ccc(Cn2ccccc2=O)o1)N1CCCC1c1ccccc1. The lowest BCUT2D eigenvalue weighted by atomic mass is 10.0. The topological polar surface area (TPSA) is 55.5 Å². The Hall–Kier alpha value is -3.08. The minimum absolute atomic E-state index is 0.0917. The second-order valence-corrected chi connectivity index (χ2v) is 6.50. The van der Waals surface area contributed by atoms with Crippen LogP contribution in [0.5, 0.6) is 0 Å². The molecule has 1 saturated heterocycles. The van der Waals surface area contributed by atoms with E-state index in [9.17, 15) is 9.59 Å². The van der Waals surface area contributed by atoms with E-state index in [1.165, 1.54) is 6.07 Å². The number of aromatic nitrogens is 1. The Morgan fingerprint density at radius 1 is 1.04 bits per heavy atom. The Bertz CT molecular complexity index is 958. The van der Waals surface area contributed by atoms with Crippen molar-refractivity contribution in [2.24, 2.45) is 0 Å². The van der Waals surface area contributed by atoms with E-state index < -0.39 is 0 Å². The van der Waals surface area contributed by atoms with Gasteiger partial charge in [-0.15, -0.1) is 0 Å². The van der Waals surface area contributed by atoms with Crippen LogP contribution in [0.1, 0.15) is 40.8 Å². The van der Waals surface area contributed by atoms with Crippen molar-refractivity contribution < 1.29 is 9.21 Å². The van der Waals surface area contributed by atoms with E-state index in [2.05, 4.69) is 12.1 Å². The summed E-state index contributed by atoms with van der Waals surface area (Å²) in [5.74, 6) is 0.826. The summed E-state index contributed by atoms with van der Waals surface area (Å²) in [6.45, 7) is 1.04. The Kier molecular flexibility index (Phi) is 4.44. The first-order chi connectivity index (χ1) is 12.7. The lowest BCUT2D eigenvalue weighted by molar-refractivity contribution is 0.0701. The van der Waals surface area contributed by atoms with E-state index >= 15 is 0 Å². The molecule has 5 nitrogen and oxygen atoms in total. The van der Waals surface area contributed by atoms with Gasteiger partial charge in [-0.1, -0.05) is 36.4 Å². The number of hydrogen-bond acceptors (Lipinski definition) is 3. The van der Waals surface area contributed by atoms with Crippen molar-refractivity contribution in [2.45, 2.75) is 25.4 Å². The largest absolute Gasteiger partial charge is 0.454 e. The van der Waals surface area contributed by atoms with Crippen LogP contribution in [0.15, 0.2) is 76.1 Å². The number of nitrogens with zero attached hydrogens (tertiary/aromatic N) is 2. The highest BCUT2D eigenvalue weighted by molar-refractivity contribution is 5.92. The zero-order valence-electron chi connectivity index (χ0n) is 14.4. The van der Waals surface area contributed by atoms with Crippen molar-refractivity contribution in [3.63, 3.8) is 0 Å². The smallest absolute Gasteiger partial charge is 0.290 e. The minimum atomic E-state index is -0.0968. The summed E-state index contributed by atoms with van der Waals surface area (Å²) in [5, 5.41) is 0. The molecule has 1 atom stereocenters. The minimum Gasteiger partial charge on any atom is -0.454 e. The summed E-state index contributed by atoms with van der Waals surface area (Å²) >= 11 is 0. The molecule has 0 aliphatic carbocycles. The quantitative estimate of drug-likeness (QED) is 0.725. The number of carbonyl (C=O) groups excluding carboxylic acids is 1. The number of pyridine rings is 1. The van der Waals surface area contributed by atoms with Gasteiger partial charge in [0, 0.05) is 18.8 Å². The predicted molar refractivity (Wildman–Crippen MR) is 98.0 cm³/mol. The van der Waals surface area contributed by atoms with Gasteiger partial charge < -0.3 is 13.9 Å². The maximum atomic E-state index is 12.9. The molecule has 26 heavy (non-hydrogen) atoms. The van der Waals surface area contributed by atoms with Crippen LogP contribution in [0, 0.1) is 0 Å². The van der Waals surface area contributed by atoms with Crippen LogP contribution in [0.25, 0.3) is 0 Å². The number of benzene rings is 1. The summed E-state index contributed by atoms with van der Waals surface area (Å²) in [5.41, 5.74) is 1.06. The molecule has 0 N–H and O–H groups in total. The zero-order chi connectivity index (χ0) is 17.9. The van der Waals surface area contributed by atoms with Gasteiger partial charge in [0.1, 0.15) is 5.76 Å². The fourth-order valence-electron chi connectivity index (χ4n) is 3.51. The molecule has 1 aromatic carbocycles. The van der Waals surface area contributed by atoms with Gasteiger partial charge in [-0.25, -0.2) is 0 Å². The highest BCUT2D eigenvalue weighted by Crippen LogP contribution is 2.33. The molecule has 1 aliphatic rings. The van der Waals surface area contributed by atoms with Gasteiger partial charge in [0.2, 0.25) is 0 Å². The molecule has 0 bridgehead atoms. The molecule has 132 valence electrons. The zero-order valence-corrected chi connectivity index (χ0v) is 14.4. The van der Waals surface area contributed by atoms with Crippen molar-refractivity contribution in [1.29, 1.82) is 0 Å². The van der Waals surface area contributed by atoms with Crippen molar-refractivity contribution in [1.82, 2.24) is 9.47 Å². The van der Waals surface area contributed by atoms with Crippen LogP contribution >= 0.6 is 0 Å². The number of hydrogen-bond donors (Lipinski definition) is 0. The second kappa shape index (κ2) is 7.04. The van der Waals surface area contributed by atoms with E-state index in [1.807, 2.05) is 23.1 Å². The van der Waals surface area contributed by atoms with Crippen LogP contribution < -0.4 is 5.56 Å². The third-order valence-corrected chi connectivity index (χ3v) is 4.80. The van der Waals surface area contributed by atoms with Crippen LogP contribution in [0.4, 0.5) is 0 Å². The molecular formula is C21H20N2O3. The first kappa shape index (κ1) is 16.4. The standard InChI is InChI=1S/C21H20N2O3/c24-20-10-4-5-13-22(20)15-17-11-12-19(26-17)21(25)23-14-6-9-18(23)16-7-2-1-3-8-16/h1-5,7-8,10-13,18H,6,9,14-15H2. The lowest BCUT2D eigenvalue weighted by Gasteiger charge is -2.24. The average molecular weight is 348 g/mol. The van der Waals surface area contributed by atoms with Gasteiger partial charge in [-0.3, -0.25) is 9.59 Å². The molecular weight excluding hydrogens is 328 g/mol. The molecule has 2 aromatic heterocycles. The molecule has 0 radical (unpaired) electrons. The van der Waals surface area contributed by atoms with Crippen molar-refractivity contribution in [3.8, 4) is 0 Å². The van der Waals surface area contributed by atoms with Crippen LogP contribution in [-0.4, -0.2) is 21.9 Å². The maximum absolute atomic E-state index is 12.9. The molecule has 1 fully saturated rings. The summed E-state index contributed by atoms with van der Waals surface area (Å²) in [6, 6.07) is 18.7. The van der Waals surface area contributed by atoms with E-state index in [4.69, 9.17) is 4.42 Å². The third-order valence-electron chi connectivity index (χ3n) is 4.80. The molecule has 1 aliphatic heterocycles. The predicted octanol–water partition coefficient (Wildman–Crippen LogP) is 3.47. The Morgan fingerprint density at radius 2 is 1.85 bits per heavy atom. The van der Waals surface area contributed by atoms with Crippen LogP contribution in [0.2, 0.25) is 0 Å². The molecule has 3 aromatic rings. The Balaban J connectivity index is 1.53. The number of furan rings is 1. The molecule has 0 spiro atoms. The molecule has 1 unspecified atom stereocenters. The Labute approximate surface area is 151 Å². The maximum Gasteiger partial charge on any atom is 0.290 e. The van der Waals surface area contributed by atoms with E-state index in [0.717, 1.165) is 24.9 Å². The molecule has 0 saturated carbocycles. The fourth-order valence-corrected chi connectivity index (χ4v) is 3.51. The van der Waals surface area contributed by atoms with Crippen LogP contribution in [0.3, 0.4) is 0 Å². The van der Waals surface area contributed by atoms with E-state index in [0.29, 0.717) is 18.1 Å². The van der Waals surface area contributed by atoms with Crippen LogP contribution in [-0.2, 0) is 6.54 Å². The van der Waals surface area contributed by atoms with Crippen molar-refractivity contribution >= 4 is 5.91 Å². The molecule has 4 rings (SSSR count). The third kappa shape index (κ3) is 3.20. The number of likely N-dealkylation sites (tertiary alicyclic amines) is 1. The second-order valence-electron chi connectivity index (χ2n) is 6.50. The normalized spacial score (nSPS) is 16.8. The lowest BCUT2D eigenvalue weighted by Crippen LogP contribution is -2.30. The van der Waals surface area contributed by atoms with Gasteiger partial charge >= 0.3 is 0 Å². The summed E-state index contributed by atoms with van der Waals surface area (Å²) < 4.78 is 7.30. The average Bonchev–Trinajstić information content (AvgIpc) is 3.33. The number of carbonyl (C=O) groups is 1. The first-order valence-corrected chi connectivity index (χ1v) is 8.82. The highest BCUT2D eigenvalue weighted by atomic mass is 16.4. The van der Waals surface area contributed by atoms with E-state index in [1.54, 1.807) is 35.0 Å². The van der Waals surface area contributed by atoms with Crippen molar-refractivity contribution in [2.75, 3.05) is 6.54 Å². The first-order valence-electron chi connectivity index (χ1n) is 8.82. The summed E-state index contributed by atoms with van der Waals surface area (Å²) in [4.78, 5) is 26.6. The molecule has 1 amide bonds. The molecule has 5 heteroatoms. The van der Waals surface area contributed by atoms with E-state index in [-0.39, 0.29) is 17.5 Å². The van der Waals surface area contributed by atoms with Gasteiger partial charge in [0.05, 0.1) is 12.6 Å². The summed E-state index contributed by atoms with van der Waals surface area (Å²) in [7, 11) is 0. The fraction of sp³-hybridized carbons (Fsp3) is 0.238. The van der Waals surface area contributed by atoms with Crippen molar-refractivity contribution in [3.05, 3.63) is 94.3 Å². The van der Waals surface area contributed by atoms with Gasteiger partial charge in [0.25, 0.3) is 11.5 Å². The number of amides is 1. The monoisotopic (exact) mass is 348 g/mol. The van der Waals surface area contributed by atoms with Gasteiger partial charge in [-0.2, -0.15) is 0 Å². The molecule has 3 heterocycles. The summed E-state index contributed by atoms with van der Waals surface area (Å²) in [6.07, 6.45) is 3.65. The van der Waals surface area contributed by atoms with Gasteiger partial charge in [-0.05, 0) is 36.6 Å². The number of rotatable bonds is 4. The Morgan fingerprint density at radius 3 is 2.65 bits per heavy atom. The van der Waals surface area contributed by atoms with Gasteiger partial charge in [0.15, 0.2) is 5.76 Å². The highest BCUT2D eigenvalue weighted by Gasteiger charge is 2.31.